The van der Waals surface area contributed by atoms with Crippen molar-refractivity contribution in [1.82, 2.24) is 10.6 Å². The quantitative estimate of drug-likeness (QED) is 0.00704. The zero-order chi connectivity index (χ0) is 73.5. The summed E-state index contributed by atoms with van der Waals surface area (Å²) < 4.78 is 380. The van der Waals surface area contributed by atoms with Crippen LogP contribution in [0.4, 0.5) is 123 Å². The third-order valence-electron chi connectivity index (χ3n) is 9.64. The molecular formula is C44H63F28I3N3O12Rf2S-3. The number of aliphatic hydroxyl groups excluding tert-OH is 2. The predicted octanol–water partition coefficient (Wildman–Crippen LogP) is 10.8. The number of carbonyl (C=O) groups is 2. The van der Waals surface area contributed by atoms with E-state index in [1.807, 2.05) is 9.47 Å². The summed E-state index contributed by atoms with van der Waals surface area (Å²) in [6.07, 6.45) is -42.6. The SMILES string of the molecule is C1CCOC1.CC(F)(F)C(F)(F)OC(F)(C(F)(F)F)C(F)(F)OC(F)(C(=O)NCCCCCCO)C(F)(F)F.COC(=O)C(F)(OC(F)(F)C(F)(OC(F)(F)C(C)(F)F)C(F)(F)F)C(F)(F)F.C[C-]=O.I[I-]I.NCCCCCCO.O=[C-]NCCCCCCS.[Rf].[Rf]. The molecule has 0 bridgehead atoms. The number of esters is 1. The van der Waals surface area contributed by atoms with Crippen LogP contribution in [0.15, 0.2) is 0 Å². The molecule has 15 nitrogen and oxygen atoms in total. The van der Waals surface area contributed by atoms with Gasteiger partial charge >= 0.3 is 141 Å². The smallest absolute Gasteiger partial charge is 0.0431 e. The Labute approximate surface area is 536 Å². The number of rotatable bonds is 32. The van der Waals surface area contributed by atoms with E-state index in [1.54, 1.807) is 11.1 Å². The van der Waals surface area contributed by atoms with Gasteiger partial charge in [0, 0.05) is 46.8 Å². The van der Waals surface area contributed by atoms with E-state index >= 15 is 0 Å². The Bertz CT molecular complexity index is 1950. The number of alkyl halides is 28. The summed E-state index contributed by atoms with van der Waals surface area (Å²) in [5, 5.41) is 20.4. The molecule has 4 unspecified atom stereocenters. The van der Waals surface area contributed by atoms with Gasteiger partial charge in [0.05, 0.1) is 7.11 Å². The van der Waals surface area contributed by atoms with Crippen molar-refractivity contribution >= 4 is 74.4 Å². The maximum absolute atomic E-state index is 14.2. The van der Waals surface area contributed by atoms with Crippen LogP contribution in [0.1, 0.15) is 111 Å². The second kappa shape index (κ2) is 47.3. The van der Waals surface area contributed by atoms with Crippen LogP contribution in [-0.2, 0) is 47.6 Å². The number of hydrogen-bond donors (Lipinski definition) is 6. The summed E-state index contributed by atoms with van der Waals surface area (Å²) in [7, 11) is -0.112. The van der Waals surface area contributed by atoms with Crippen LogP contribution in [-0.4, -0.2) is 178 Å². The van der Waals surface area contributed by atoms with Gasteiger partial charge in [-0.3, -0.25) is 30.0 Å². The van der Waals surface area contributed by atoms with Crippen molar-refractivity contribution in [1.29, 1.82) is 0 Å². The summed E-state index contributed by atoms with van der Waals surface area (Å²) in [6, 6.07) is 0. The molecule has 0 aliphatic carbocycles. The van der Waals surface area contributed by atoms with Crippen LogP contribution in [0.2, 0.25) is 0 Å². The van der Waals surface area contributed by atoms with Gasteiger partial charge in [0.25, 0.3) is 5.91 Å². The molecule has 4 atom stereocenters. The number of unbranched alkanes of at least 4 members (excludes halogenated alkanes) is 9. The molecule has 1 saturated heterocycles. The summed E-state index contributed by atoms with van der Waals surface area (Å²) in [5.41, 5.74) is 5.25. The molecule has 0 radical (unpaired) electrons. The molecule has 0 aromatic rings. The predicted molar refractivity (Wildman–Crippen MR) is 276 cm³/mol. The molecule has 2 amide bonds. The van der Waals surface area contributed by atoms with Gasteiger partial charge in [-0.1, -0.05) is 38.5 Å². The number of aliphatic hydroxyl groups is 2. The average Bonchev–Trinajstić information content (AvgIpc) is 0.849. The van der Waals surface area contributed by atoms with Gasteiger partial charge in [-0.2, -0.15) is 149 Å². The summed E-state index contributed by atoms with van der Waals surface area (Å²) in [4.78, 5) is 40.5. The minimum absolute atomic E-state index is 0. The number of amides is 2. The third kappa shape index (κ3) is 38.2. The fourth-order valence-corrected chi connectivity index (χ4v) is 5.14. The van der Waals surface area contributed by atoms with Crippen molar-refractivity contribution in [3.8, 4) is 0 Å². The van der Waals surface area contributed by atoms with Crippen LogP contribution in [0.5, 0.6) is 0 Å². The first kappa shape index (κ1) is 105. The van der Waals surface area contributed by atoms with Crippen molar-refractivity contribution in [3.05, 3.63) is 0 Å². The van der Waals surface area contributed by atoms with E-state index in [0.717, 1.165) is 69.5 Å². The van der Waals surface area contributed by atoms with Gasteiger partial charge < -0.3 is 45.6 Å². The number of halogens is 31. The maximum Gasteiger partial charge on any atom is 0.0431 e. The number of nitrogens with one attached hydrogen (secondary N) is 2. The van der Waals surface area contributed by atoms with Gasteiger partial charge in [-0.05, 0) is 70.2 Å². The van der Waals surface area contributed by atoms with Gasteiger partial charge in [-0.15, -0.1) is 0 Å². The van der Waals surface area contributed by atoms with Crippen molar-refractivity contribution in [2.45, 2.75) is 195 Å². The Hall–Kier alpha value is -3.66. The number of ether oxygens (including phenoxy) is 6. The van der Waals surface area contributed by atoms with Gasteiger partial charge in [-0.25, -0.2) is 4.79 Å². The molecular weight excluding hydrogens is 2240 g/mol. The van der Waals surface area contributed by atoms with Crippen molar-refractivity contribution < 1.29 is 194 Å². The molecule has 1 aliphatic heterocycles. The Morgan fingerprint density at radius 3 is 1.10 bits per heavy atom. The van der Waals surface area contributed by atoms with Crippen molar-refractivity contribution in [2.75, 3.05) is 58.9 Å². The van der Waals surface area contributed by atoms with Crippen LogP contribution < -0.4 is 29.6 Å². The molecule has 0 spiro atoms. The first-order valence-corrected chi connectivity index (χ1v) is 38.0. The largest absolute Gasteiger partial charge is 0.530 e. The molecule has 0 aromatic heterocycles. The van der Waals surface area contributed by atoms with Crippen molar-refractivity contribution in [2.24, 2.45) is 5.73 Å². The second-order valence-corrected chi connectivity index (χ2v) is 33.9. The first-order valence-electron chi connectivity index (χ1n) is 24.8. The Kier molecular flexibility index (Phi) is 53.6. The molecule has 93 heavy (non-hydrogen) atoms. The fourth-order valence-electron chi connectivity index (χ4n) is 4.92. The second-order valence-electron chi connectivity index (χ2n) is 17.2. The number of nitrogens with two attached hydrogens (primary N) is 1. The normalized spacial score (nSPS) is 15.7. The summed E-state index contributed by atoms with van der Waals surface area (Å²) >= 11 is 9.39. The Balaban J connectivity index is -0.000000179. The maximum atomic E-state index is 14.2. The van der Waals surface area contributed by atoms with Gasteiger partial charge in [0.1, 0.15) is 0 Å². The van der Waals surface area contributed by atoms with Crippen LogP contribution >= 0.6 is 49.9 Å². The molecule has 0 aromatic carbocycles. The van der Waals surface area contributed by atoms with E-state index in [2.05, 4.69) is 64.7 Å². The molecule has 6 N–H and O–H groups in total. The van der Waals surface area contributed by atoms with Crippen LogP contribution in [0.25, 0.3) is 0 Å². The van der Waals surface area contributed by atoms with Crippen LogP contribution in [0, 0.1) is 0 Å². The number of thiol groups is 1. The number of hydrogen-bond acceptors (Lipinski definition) is 14. The van der Waals surface area contributed by atoms with Gasteiger partial charge in [0.2, 0.25) is 0 Å². The number of carbonyl (C=O) groups excluding carboxylic acids is 4. The zero-order valence-electron chi connectivity index (χ0n) is 48.7. The van der Waals surface area contributed by atoms with E-state index in [0.29, 0.717) is 19.9 Å². The standard InChI is InChI=1S/C15H17F14NO4.C10H6F14O4.C7H14NOS.C6H15NO.C4H8O.C2H3O.I3.2Rf/c1-9(16,17)14(26,27)34-11(19,13(23,24)25)15(28,29)33-10(18,12(20,21)22)8(32)30-6-4-2-3-5-7-31;1-4(11,12)9(21,22)28-6(14,8(18,19)20)10(23,24)27-5(13,3(25)26-2)7(15,16)17;9-7-8-5-3-1-2-4-6-10;7-5-3-1-2-4-6-8;1-2-4-5-3-1;1-2-3;1-3-2;;/h31H,2-7H2,1H3,(H,30,32);1-2H3;10H,1-6H2,(H,8,9);8H,1-7H2;1-4H2;1H3;;;/q;;-1;;;2*-1;;. The fraction of sp³-hybridized carbons (Fsp3) is 0.909. The monoisotopic (exact) mass is 2300 g/mol. The topological polar surface area (TPSA) is 214 Å². The summed E-state index contributed by atoms with van der Waals surface area (Å²) in [6.45, 7) is 2.11. The molecule has 1 aliphatic rings. The third-order valence-corrected chi connectivity index (χ3v) is 9.95. The molecule has 556 valence electrons. The molecule has 49 heteroatoms. The Morgan fingerprint density at radius 2 is 0.839 bits per heavy atom. The molecule has 1 fully saturated rings. The first-order chi connectivity index (χ1) is 40.9. The Morgan fingerprint density at radius 1 is 0.527 bits per heavy atom. The van der Waals surface area contributed by atoms with E-state index in [-0.39, 0.29) is 39.4 Å². The van der Waals surface area contributed by atoms with E-state index in [1.165, 1.54) is 45.3 Å². The van der Waals surface area contributed by atoms with E-state index < -0.39 is 117 Å². The zero-order valence-corrected chi connectivity index (χ0v) is 68.9. The van der Waals surface area contributed by atoms with Crippen LogP contribution in [0.3, 0.4) is 0 Å². The molecule has 0 saturated carbocycles. The average molecular weight is 2300 g/mol. The minimum atomic E-state index is -7.53. The molecule has 1 heterocycles. The summed E-state index contributed by atoms with van der Waals surface area (Å²) in [5.74, 6) is -45.4. The van der Waals surface area contributed by atoms with Gasteiger partial charge in [0.15, 0.2) is 0 Å². The molecule has 1 rings (SSSR count). The number of methoxy groups -OCH3 is 1. The van der Waals surface area contributed by atoms with Crippen molar-refractivity contribution in [3.63, 3.8) is 0 Å². The van der Waals surface area contributed by atoms with E-state index in [4.69, 9.17) is 25.5 Å². The minimum Gasteiger partial charge on any atom is -0.530 e. The van der Waals surface area contributed by atoms with E-state index in [9.17, 15) is 137 Å².